The molecule has 2 N–H and O–H groups in total. The highest BCUT2D eigenvalue weighted by atomic mass is 31.2. The summed E-state index contributed by atoms with van der Waals surface area (Å²) in [7, 11) is -2.00. The SMILES string of the molecule is CC(=O)N(CCN)CC(C)[P+](c1ccccc1)(c1ccccc1)c1ccccc1. The molecule has 1 atom stereocenters. The van der Waals surface area contributed by atoms with Crippen LogP contribution in [0.15, 0.2) is 91.0 Å². The predicted octanol–water partition coefficient (Wildman–Crippen LogP) is 3.18. The van der Waals surface area contributed by atoms with Gasteiger partial charge in [-0.1, -0.05) is 54.6 Å². The van der Waals surface area contributed by atoms with Crippen molar-refractivity contribution in [1.82, 2.24) is 4.90 Å². The van der Waals surface area contributed by atoms with E-state index in [4.69, 9.17) is 5.73 Å². The van der Waals surface area contributed by atoms with Gasteiger partial charge in [-0.25, -0.2) is 0 Å². The second-order valence-corrected chi connectivity index (χ2v) is 11.2. The summed E-state index contributed by atoms with van der Waals surface area (Å²) in [6.07, 6.45) is 0. The summed E-state index contributed by atoms with van der Waals surface area (Å²) < 4.78 is 0. The van der Waals surface area contributed by atoms with Crippen molar-refractivity contribution in [3.63, 3.8) is 0 Å². The van der Waals surface area contributed by atoms with Crippen LogP contribution in [0.2, 0.25) is 0 Å². The number of nitrogens with zero attached hydrogens (tertiary/aromatic N) is 1. The van der Waals surface area contributed by atoms with E-state index in [0.29, 0.717) is 19.6 Å². The Bertz CT molecular complexity index is 803. The number of carbonyl (C=O) groups excluding carboxylic acids is 1. The third kappa shape index (κ3) is 4.42. The van der Waals surface area contributed by atoms with E-state index >= 15 is 0 Å². The van der Waals surface area contributed by atoms with Crippen LogP contribution >= 0.6 is 7.26 Å². The molecule has 0 spiro atoms. The summed E-state index contributed by atoms with van der Waals surface area (Å²) in [6.45, 7) is 5.65. The largest absolute Gasteiger partial charge is 0.338 e. The molecule has 3 aromatic carbocycles. The highest BCUT2D eigenvalue weighted by molar-refractivity contribution is 7.96. The van der Waals surface area contributed by atoms with Crippen molar-refractivity contribution in [3.8, 4) is 0 Å². The number of nitrogens with two attached hydrogens (primary N) is 1. The molecule has 4 heteroatoms. The summed E-state index contributed by atoms with van der Waals surface area (Å²) in [5.74, 6) is 0.0783. The number of benzene rings is 3. The van der Waals surface area contributed by atoms with Crippen molar-refractivity contribution >= 4 is 29.1 Å². The number of rotatable bonds is 8. The highest BCUT2D eigenvalue weighted by Gasteiger charge is 2.50. The molecule has 3 nitrogen and oxygen atoms in total. The van der Waals surface area contributed by atoms with Gasteiger partial charge in [0.25, 0.3) is 0 Å². The van der Waals surface area contributed by atoms with Crippen molar-refractivity contribution in [3.05, 3.63) is 91.0 Å². The Kier molecular flexibility index (Phi) is 7.19. The molecule has 1 amide bonds. The van der Waals surface area contributed by atoms with Gasteiger partial charge in [0.1, 0.15) is 23.2 Å². The van der Waals surface area contributed by atoms with Gasteiger partial charge in [-0.15, -0.1) is 0 Å². The van der Waals surface area contributed by atoms with Gasteiger partial charge in [-0.05, 0) is 43.3 Å². The van der Waals surface area contributed by atoms with Crippen molar-refractivity contribution in [2.24, 2.45) is 5.73 Å². The minimum Gasteiger partial charge on any atom is -0.338 e. The van der Waals surface area contributed by atoms with E-state index in [-0.39, 0.29) is 11.6 Å². The molecule has 29 heavy (non-hydrogen) atoms. The van der Waals surface area contributed by atoms with Gasteiger partial charge in [0.15, 0.2) is 0 Å². The lowest BCUT2D eigenvalue weighted by Crippen LogP contribution is -2.45. The lowest BCUT2D eigenvalue weighted by molar-refractivity contribution is -0.128. The maximum Gasteiger partial charge on any atom is 0.219 e. The van der Waals surface area contributed by atoms with E-state index < -0.39 is 7.26 Å². The van der Waals surface area contributed by atoms with Crippen LogP contribution in [0.25, 0.3) is 0 Å². The fourth-order valence-electron chi connectivity index (χ4n) is 4.17. The molecule has 0 aliphatic rings. The van der Waals surface area contributed by atoms with Gasteiger partial charge in [-0.2, -0.15) is 0 Å². The van der Waals surface area contributed by atoms with Crippen molar-refractivity contribution in [2.45, 2.75) is 19.5 Å². The zero-order valence-electron chi connectivity index (χ0n) is 17.2. The molecule has 3 aromatic rings. The van der Waals surface area contributed by atoms with Gasteiger partial charge < -0.3 is 10.6 Å². The van der Waals surface area contributed by atoms with Gasteiger partial charge in [0.05, 0.1) is 12.2 Å². The summed E-state index contributed by atoms with van der Waals surface area (Å²) in [5.41, 5.74) is 6.04. The van der Waals surface area contributed by atoms with E-state index in [2.05, 4.69) is 97.9 Å². The Morgan fingerprint density at radius 2 is 1.21 bits per heavy atom. The van der Waals surface area contributed by atoms with Gasteiger partial charge in [0, 0.05) is 20.0 Å². The second kappa shape index (κ2) is 9.82. The van der Waals surface area contributed by atoms with Crippen LogP contribution in [0, 0.1) is 0 Å². The van der Waals surface area contributed by atoms with Gasteiger partial charge >= 0.3 is 0 Å². The van der Waals surface area contributed by atoms with E-state index in [0.717, 1.165) is 0 Å². The number of hydrogen-bond acceptors (Lipinski definition) is 2. The molecule has 1 unspecified atom stereocenters. The normalized spacial score (nSPS) is 12.4. The van der Waals surface area contributed by atoms with E-state index in [9.17, 15) is 4.79 Å². The monoisotopic (exact) mass is 405 g/mol. The van der Waals surface area contributed by atoms with Crippen molar-refractivity contribution < 1.29 is 4.79 Å². The Morgan fingerprint density at radius 3 is 1.52 bits per heavy atom. The van der Waals surface area contributed by atoms with Crippen LogP contribution in [0.3, 0.4) is 0 Å². The summed E-state index contributed by atoms with van der Waals surface area (Å²) in [5, 5.41) is 4.00. The van der Waals surface area contributed by atoms with Crippen molar-refractivity contribution in [1.29, 1.82) is 0 Å². The molecule has 150 valence electrons. The summed E-state index contributed by atoms with van der Waals surface area (Å²) in [6, 6.07) is 32.3. The first kappa shape index (κ1) is 21.2. The standard InChI is InChI=1S/C25H30N2OP/c1-21(20-27(19-18-26)22(2)28)29(23-12-6-3-7-13-23,24-14-8-4-9-15-24)25-16-10-5-11-17-25/h3-17,21H,18-20,26H2,1-2H3/q+1. The molecule has 0 radical (unpaired) electrons. The average Bonchev–Trinajstić information content (AvgIpc) is 2.76. The highest BCUT2D eigenvalue weighted by Crippen LogP contribution is 2.59. The molecule has 0 heterocycles. The Labute approximate surface area is 174 Å². The second-order valence-electron chi connectivity index (χ2n) is 7.33. The smallest absolute Gasteiger partial charge is 0.219 e. The van der Waals surface area contributed by atoms with Crippen LogP contribution in [-0.2, 0) is 4.79 Å². The van der Waals surface area contributed by atoms with Crippen LogP contribution < -0.4 is 21.6 Å². The zero-order valence-corrected chi connectivity index (χ0v) is 18.1. The predicted molar refractivity (Wildman–Crippen MR) is 126 cm³/mol. The first-order chi connectivity index (χ1) is 14.1. The van der Waals surface area contributed by atoms with Gasteiger partial charge in [0.2, 0.25) is 5.91 Å². The average molecular weight is 406 g/mol. The molecule has 0 aromatic heterocycles. The maximum atomic E-state index is 12.3. The molecular weight excluding hydrogens is 375 g/mol. The molecule has 0 saturated heterocycles. The van der Waals surface area contributed by atoms with Gasteiger partial charge in [-0.3, -0.25) is 4.79 Å². The Hall–Kier alpha value is -2.48. The summed E-state index contributed by atoms with van der Waals surface area (Å²) in [4.78, 5) is 14.2. The number of amides is 1. The molecule has 0 aliphatic heterocycles. The minimum atomic E-state index is -2.00. The van der Waals surface area contributed by atoms with Crippen LogP contribution in [0.1, 0.15) is 13.8 Å². The third-order valence-corrected chi connectivity index (χ3v) is 10.3. The lowest BCUT2D eigenvalue weighted by Gasteiger charge is -2.35. The molecule has 3 rings (SSSR count). The lowest BCUT2D eigenvalue weighted by atomic mass is 10.3. The molecule has 0 aliphatic carbocycles. The first-order valence-electron chi connectivity index (χ1n) is 10.1. The molecule has 0 bridgehead atoms. The topological polar surface area (TPSA) is 46.3 Å². The minimum absolute atomic E-state index is 0.0783. The fourth-order valence-corrected chi connectivity index (χ4v) is 8.97. The first-order valence-corrected chi connectivity index (χ1v) is 12.0. The number of hydrogen-bond donors (Lipinski definition) is 1. The summed E-state index contributed by atoms with van der Waals surface area (Å²) >= 11 is 0. The quantitative estimate of drug-likeness (QED) is 0.585. The fraction of sp³-hybridized carbons (Fsp3) is 0.240. The van der Waals surface area contributed by atoms with Crippen LogP contribution in [0.5, 0.6) is 0 Å². The van der Waals surface area contributed by atoms with E-state index in [1.165, 1.54) is 15.9 Å². The molecular formula is C25H30N2OP+. The van der Waals surface area contributed by atoms with E-state index in [1.54, 1.807) is 6.92 Å². The third-order valence-electron chi connectivity index (χ3n) is 5.48. The van der Waals surface area contributed by atoms with Crippen LogP contribution in [-0.4, -0.2) is 36.1 Å². The Morgan fingerprint density at radius 1 is 0.828 bits per heavy atom. The Balaban J connectivity index is 2.23. The number of carbonyl (C=O) groups is 1. The zero-order chi connectivity index (χ0) is 20.7. The molecule has 0 fully saturated rings. The van der Waals surface area contributed by atoms with Crippen molar-refractivity contribution in [2.75, 3.05) is 19.6 Å². The van der Waals surface area contributed by atoms with E-state index in [1.807, 2.05) is 4.90 Å². The maximum absolute atomic E-state index is 12.3. The van der Waals surface area contributed by atoms with Crippen LogP contribution in [0.4, 0.5) is 0 Å². The molecule has 0 saturated carbocycles.